The van der Waals surface area contributed by atoms with Gasteiger partial charge in [0.2, 0.25) is 0 Å². The van der Waals surface area contributed by atoms with E-state index in [-0.39, 0.29) is 29.4 Å². The lowest BCUT2D eigenvalue weighted by molar-refractivity contribution is -0.162. The van der Waals surface area contributed by atoms with Gasteiger partial charge >= 0.3 is 5.97 Å². The second-order valence-corrected chi connectivity index (χ2v) is 7.78. The number of hydrogen-bond acceptors (Lipinski definition) is 5. The van der Waals surface area contributed by atoms with Crippen LogP contribution in [0.25, 0.3) is 0 Å². The standard InChI is InChI=1S/C21H26N2O5/c1-13(2)12-17(21(27)28-14(3)18(24)22-10-6-7-11-22)23-19(25)15-8-4-5-9-16(15)20(23)26/h4-5,8-9,13-14,17H,6-7,10-12H2,1-3H3. The topological polar surface area (TPSA) is 84.0 Å². The summed E-state index contributed by atoms with van der Waals surface area (Å²) in [6.45, 7) is 6.66. The summed E-state index contributed by atoms with van der Waals surface area (Å²) in [6, 6.07) is 5.46. The van der Waals surface area contributed by atoms with Gasteiger partial charge in [-0.3, -0.25) is 19.3 Å². The molecule has 150 valence electrons. The van der Waals surface area contributed by atoms with Crippen LogP contribution in [0.15, 0.2) is 24.3 Å². The summed E-state index contributed by atoms with van der Waals surface area (Å²) in [5.74, 6) is -1.91. The number of esters is 1. The van der Waals surface area contributed by atoms with Crippen LogP contribution >= 0.6 is 0 Å². The van der Waals surface area contributed by atoms with Crippen molar-refractivity contribution in [1.29, 1.82) is 0 Å². The predicted molar refractivity (Wildman–Crippen MR) is 102 cm³/mol. The summed E-state index contributed by atoms with van der Waals surface area (Å²) in [7, 11) is 0. The molecule has 2 aliphatic heterocycles. The van der Waals surface area contributed by atoms with Gasteiger partial charge in [0, 0.05) is 13.1 Å². The van der Waals surface area contributed by atoms with E-state index in [4.69, 9.17) is 4.74 Å². The summed E-state index contributed by atoms with van der Waals surface area (Å²) in [6.07, 6.45) is 1.21. The van der Waals surface area contributed by atoms with Crippen molar-refractivity contribution in [2.75, 3.05) is 13.1 Å². The number of likely N-dealkylation sites (tertiary alicyclic amines) is 1. The number of nitrogens with zero attached hydrogens (tertiary/aromatic N) is 2. The van der Waals surface area contributed by atoms with Crippen LogP contribution in [0.5, 0.6) is 0 Å². The molecule has 0 aromatic heterocycles. The maximum Gasteiger partial charge on any atom is 0.330 e. The van der Waals surface area contributed by atoms with Crippen LogP contribution in [0.3, 0.4) is 0 Å². The number of hydrogen-bond donors (Lipinski definition) is 0. The lowest BCUT2D eigenvalue weighted by Crippen LogP contribution is -2.48. The minimum atomic E-state index is -1.05. The molecule has 3 rings (SSSR count). The summed E-state index contributed by atoms with van der Waals surface area (Å²) in [5, 5.41) is 0. The van der Waals surface area contributed by atoms with Gasteiger partial charge in [0.1, 0.15) is 6.04 Å². The van der Waals surface area contributed by atoms with Crippen molar-refractivity contribution >= 4 is 23.7 Å². The molecule has 0 aliphatic carbocycles. The molecular formula is C21H26N2O5. The highest BCUT2D eigenvalue weighted by Crippen LogP contribution is 2.27. The van der Waals surface area contributed by atoms with Gasteiger partial charge in [-0.15, -0.1) is 0 Å². The Morgan fingerprint density at radius 3 is 2.04 bits per heavy atom. The predicted octanol–water partition coefficient (Wildman–Crippen LogP) is 2.25. The number of carbonyl (C=O) groups is 4. The van der Waals surface area contributed by atoms with Crippen LogP contribution in [-0.2, 0) is 14.3 Å². The first-order valence-electron chi connectivity index (χ1n) is 9.77. The zero-order chi connectivity index (χ0) is 20.4. The molecule has 0 spiro atoms. The average molecular weight is 386 g/mol. The fourth-order valence-corrected chi connectivity index (χ4v) is 3.74. The SMILES string of the molecule is CC(C)CC(C(=O)OC(C)C(=O)N1CCCC1)N1C(=O)c2ccccc2C1=O. The summed E-state index contributed by atoms with van der Waals surface area (Å²) in [5.41, 5.74) is 0.575. The van der Waals surface area contributed by atoms with Gasteiger partial charge < -0.3 is 9.64 Å². The third kappa shape index (κ3) is 3.79. The molecule has 0 radical (unpaired) electrons. The molecule has 0 N–H and O–H groups in total. The van der Waals surface area contributed by atoms with Crippen molar-refractivity contribution in [2.24, 2.45) is 5.92 Å². The van der Waals surface area contributed by atoms with Crippen LogP contribution in [0.2, 0.25) is 0 Å². The van der Waals surface area contributed by atoms with Gasteiger partial charge in [-0.2, -0.15) is 0 Å². The van der Waals surface area contributed by atoms with Crippen LogP contribution < -0.4 is 0 Å². The summed E-state index contributed by atoms with van der Waals surface area (Å²) >= 11 is 0. The van der Waals surface area contributed by atoms with E-state index in [0.717, 1.165) is 17.7 Å². The van der Waals surface area contributed by atoms with Crippen LogP contribution in [0, 0.1) is 5.92 Å². The Balaban J connectivity index is 1.78. The maximum absolute atomic E-state index is 12.9. The summed E-state index contributed by atoms with van der Waals surface area (Å²) < 4.78 is 5.42. The molecule has 0 bridgehead atoms. The number of benzene rings is 1. The molecule has 1 saturated heterocycles. The van der Waals surface area contributed by atoms with Gasteiger partial charge in [-0.1, -0.05) is 26.0 Å². The Morgan fingerprint density at radius 1 is 1.00 bits per heavy atom. The molecule has 3 amide bonds. The van der Waals surface area contributed by atoms with Crippen molar-refractivity contribution in [3.63, 3.8) is 0 Å². The van der Waals surface area contributed by atoms with Crippen molar-refractivity contribution in [3.05, 3.63) is 35.4 Å². The monoisotopic (exact) mass is 386 g/mol. The molecule has 2 heterocycles. The summed E-state index contributed by atoms with van der Waals surface area (Å²) in [4.78, 5) is 53.6. The Hall–Kier alpha value is -2.70. The minimum Gasteiger partial charge on any atom is -0.451 e. The van der Waals surface area contributed by atoms with Crippen molar-refractivity contribution < 1.29 is 23.9 Å². The van der Waals surface area contributed by atoms with Crippen molar-refractivity contribution in [2.45, 2.75) is 52.2 Å². The number of amides is 3. The molecule has 7 heteroatoms. The van der Waals surface area contributed by atoms with Crippen LogP contribution in [0.1, 0.15) is 60.7 Å². The first-order chi connectivity index (χ1) is 13.3. The zero-order valence-corrected chi connectivity index (χ0v) is 16.5. The number of carbonyl (C=O) groups excluding carboxylic acids is 4. The molecule has 1 aromatic rings. The smallest absolute Gasteiger partial charge is 0.330 e. The van der Waals surface area contributed by atoms with Gasteiger partial charge in [-0.05, 0) is 44.2 Å². The molecule has 0 saturated carbocycles. The third-order valence-electron chi connectivity index (χ3n) is 5.16. The van der Waals surface area contributed by atoms with Crippen molar-refractivity contribution in [3.8, 4) is 0 Å². The number of ether oxygens (including phenoxy) is 1. The number of fused-ring (bicyclic) bond motifs is 1. The second kappa shape index (κ2) is 8.12. The van der Waals surface area contributed by atoms with E-state index in [0.29, 0.717) is 13.1 Å². The van der Waals surface area contributed by atoms with Crippen LogP contribution in [0.4, 0.5) is 0 Å². The molecular weight excluding hydrogens is 360 g/mol. The molecule has 1 aromatic carbocycles. The molecule has 28 heavy (non-hydrogen) atoms. The largest absolute Gasteiger partial charge is 0.451 e. The zero-order valence-electron chi connectivity index (χ0n) is 16.5. The van der Waals surface area contributed by atoms with Gasteiger partial charge in [0.15, 0.2) is 6.10 Å². The highest BCUT2D eigenvalue weighted by molar-refractivity contribution is 6.22. The van der Waals surface area contributed by atoms with E-state index in [1.807, 2.05) is 13.8 Å². The first kappa shape index (κ1) is 20.0. The first-order valence-corrected chi connectivity index (χ1v) is 9.77. The maximum atomic E-state index is 12.9. The Morgan fingerprint density at radius 2 is 1.54 bits per heavy atom. The van der Waals surface area contributed by atoms with E-state index < -0.39 is 29.9 Å². The second-order valence-electron chi connectivity index (χ2n) is 7.78. The van der Waals surface area contributed by atoms with Gasteiger partial charge in [-0.25, -0.2) is 4.79 Å². The quantitative estimate of drug-likeness (QED) is 0.553. The molecule has 7 nitrogen and oxygen atoms in total. The lowest BCUT2D eigenvalue weighted by atomic mass is 10.0. The fourth-order valence-electron chi connectivity index (χ4n) is 3.74. The van der Waals surface area contributed by atoms with E-state index in [1.54, 1.807) is 29.2 Å². The highest BCUT2D eigenvalue weighted by Gasteiger charge is 2.44. The number of rotatable bonds is 6. The Kier molecular flexibility index (Phi) is 5.82. The van der Waals surface area contributed by atoms with E-state index in [9.17, 15) is 19.2 Å². The molecule has 2 atom stereocenters. The number of imide groups is 1. The third-order valence-corrected chi connectivity index (χ3v) is 5.16. The normalized spacial score (nSPS) is 18.4. The van der Waals surface area contributed by atoms with Crippen LogP contribution in [-0.4, -0.2) is 58.7 Å². The Labute approximate surface area is 164 Å². The molecule has 1 fully saturated rings. The van der Waals surface area contributed by atoms with Gasteiger partial charge in [0.25, 0.3) is 17.7 Å². The van der Waals surface area contributed by atoms with Crippen molar-refractivity contribution in [1.82, 2.24) is 9.80 Å². The minimum absolute atomic E-state index is 0.0476. The van der Waals surface area contributed by atoms with E-state index >= 15 is 0 Å². The molecule has 2 aliphatic rings. The highest BCUT2D eigenvalue weighted by atomic mass is 16.5. The Bertz CT molecular complexity index is 763. The van der Waals surface area contributed by atoms with E-state index in [1.165, 1.54) is 6.92 Å². The average Bonchev–Trinajstić information content (AvgIpc) is 3.27. The lowest BCUT2D eigenvalue weighted by Gasteiger charge is -2.28. The van der Waals surface area contributed by atoms with E-state index in [2.05, 4.69) is 0 Å². The molecule has 2 unspecified atom stereocenters. The van der Waals surface area contributed by atoms with Gasteiger partial charge in [0.05, 0.1) is 11.1 Å². The fraction of sp³-hybridized carbons (Fsp3) is 0.524.